The quantitative estimate of drug-likeness (QED) is 0.694. The van der Waals surface area contributed by atoms with E-state index >= 15 is 0 Å². The Hall–Kier alpha value is -0.950. The van der Waals surface area contributed by atoms with Gasteiger partial charge in [-0.1, -0.05) is 6.08 Å². The predicted octanol–water partition coefficient (Wildman–Crippen LogP) is 0.139. The van der Waals surface area contributed by atoms with Crippen molar-refractivity contribution in [1.82, 2.24) is 9.80 Å². The molecular weight excluding hydrogens is 284 g/mol. The number of ether oxygens (including phenoxy) is 3. The summed E-state index contributed by atoms with van der Waals surface area (Å²) < 4.78 is 17.2. The summed E-state index contributed by atoms with van der Waals surface area (Å²) in [6, 6.07) is 0. The highest BCUT2D eigenvalue weighted by Crippen LogP contribution is 2.25. The average molecular weight is 310 g/mol. The molecule has 0 aliphatic carbocycles. The van der Waals surface area contributed by atoms with Crippen LogP contribution in [-0.4, -0.2) is 87.1 Å². The van der Waals surface area contributed by atoms with E-state index in [2.05, 4.69) is 11.5 Å². The number of hydrogen-bond acceptors (Lipinski definition) is 5. The molecule has 6 heteroatoms. The van der Waals surface area contributed by atoms with Gasteiger partial charge >= 0.3 is 0 Å². The Balaban J connectivity index is 1.67. The maximum Gasteiger partial charge on any atom is 0.228 e. The van der Waals surface area contributed by atoms with Gasteiger partial charge in [0.05, 0.1) is 38.9 Å². The molecule has 124 valence electrons. The van der Waals surface area contributed by atoms with Crippen LogP contribution < -0.4 is 0 Å². The zero-order valence-electron chi connectivity index (χ0n) is 13.2. The van der Waals surface area contributed by atoms with Crippen LogP contribution in [0.5, 0.6) is 0 Å². The van der Waals surface area contributed by atoms with E-state index in [0.717, 1.165) is 26.1 Å². The SMILES string of the molecule is C=CCN1CCOCC2(C1)CN(C(=O)C1CCOC1)CCO2. The van der Waals surface area contributed by atoms with Crippen molar-refractivity contribution < 1.29 is 19.0 Å². The minimum Gasteiger partial charge on any atom is -0.381 e. The number of amides is 1. The van der Waals surface area contributed by atoms with Crippen LogP contribution in [0.2, 0.25) is 0 Å². The van der Waals surface area contributed by atoms with Crippen LogP contribution in [0.25, 0.3) is 0 Å². The van der Waals surface area contributed by atoms with Crippen LogP contribution in [0.1, 0.15) is 6.42 Å². The fraction of sp³-hybridized carbons (Fsp3) is 0.812. The molecule has 0 N–H and O–H groups in total. The molecule has 22 heavy (non-hydrogen) atoms. The average Bonchev–Trinajstić information content (AvgIpc) is 2.99. The molecule has 3 rings (SSSR count). The normalized spacial score (nSPS) is 33.8. The molecule has 0 saturated carbocycles. The lowest BCUT2D eigenvalue weighted by Gasteiger charge is -2.43. The van der Waals surface area contributed by atoms with Crippen molar-refractivity contribution in [2.45, 2.75) is 12.0 Å². The summed E-state index contributed by atoms with van der Waals surface area (Å²) in [5.74, 6) is 0.228. The molecule has 2 unspecified atom stereocenters. The third-order valence-corrected chi connectivity index (χ3v) is 4.66. The molecule has 2 atom stereocenters. The zero-order chi connectivity index (χ0) is 15.4. The molecule has 0 radical (unpaired) electrons. The van der Waals surface area contributed by atoms with Gasteiger partial charge in [-0.3, -0.25) is 9.69 Å². The number of hydrogen-bond donors (Lipinski definition) is 0. The molecule has 1 amide bonds. The van der Waals surface area contributed by atoms with E-state index in [0.29, 0.717) is 46.1 Å². The van der Waals surface area contributed by atoms with Gasteiger partial charge < -0.3 is 19.1 Å². The van der Waals surface area contributed by atoms with Crippen LogP contribution >= 0.6 is 0 Å². The van der Waals surface area contributed by atoms with Crippen LogP contribution in [0.4, 0.5) is 0 Å². The molecule has 3 aliphatic heterocycles. The summed E-state index contributed by atoms with van der Waals surface area (Å²) in [4.78, 5) is 16.9. The van der Waals surface area contributed by atoms with E-state index in [-0.39, 0.29) is 11.8 Å². The number of carbonyl (C=O) groups is 1. The van der Waals surface area contributed by atoms with Crippen LogP contribution in [0.3, 0.4) is 0 Å². The third kappa shape index (κ3) is 3.51. The maximum atomic E-state index is 12.6. The molecule has 3 heterocycles. The highest BCUT2D eigenvalue weighted by atomic mass is 16.5. The first kappa shape index (κ1) is 15.9. The van der Waals surface area contributed by atoms with E-state index in [1.807, 2.05) is 11.0 Å². The summed E-state index contributed by atoms with van der Waals surface area (Å²) in [5.41, 5.74) is -0.410. The second kappa shape index (κ2) is 7.08. The summed E-state index contributed by atoms with van der Waals surface area (Å²) in [6.45, 7) is 10.6. The zero-order valence-corrected chi connectivity index (χ0v) is 13.2. The standard InChI is InChI=1S/C16H26N2O4/c1-2-4-17-5-8-21-13-16(11-17)12-18(6-9-22-16)15(19)14-3-7-20-10-14/h2,14H,1,3-13H2. The minimum atomic E-state index is -0.410. The first-order valence-corrected chi connectivity index (χ1v) is 8.14. The molecular formula is C16H26N2O4. The Morgan fingerprint density at radius 3 is 2.91 bits per heavy atom. The van der Waals surface area contributed by atoms with E-state index in [1.54, 1.807) is 0 Å². The summed E-state index contributed by atoms with van der Waals surface area (Å²) in [5, 5.41) is 0. The molecule has 0 aromatic rings. The Morgan fingerprint density at radius 2 is 2.14 bits per heavy atom. The Bertz CT molecular complexity index is 411. The van der Waals surface area contributed by atoms with Crippen molar-refractivity contribution >= 4 is 5.91 Å². The van der Waals surface area contributed by atoms with Crippen molar-refractivity contribution in [1.29, 1.82) is 0 Å². The molecule has 0 aromatic heterocycles. The van der Waals surface area contributed by atoms with Gasteiger partial charge in [0.2, 0.25) is 5.91 Å². The second-order valence-corrected chi connectivity index (χ2v) is 6.43. The molecule has 3 saturated heterocycles. The molecule has 3 fully saturated rings. The summed E-state index contributed by atoms with van der Waals surface area (Å²) in [6.07, 6.45) is 2.74. The van der Waals surface area contributed by atoms with Gasteiger partial charge in [0, 0.05) is 32.8 Å². The van der Waals surface area contributed by atoms with E-state index in [9.17, 15) is 4.79 Å². The Kier molecular flexibility index (Phi) is 5.13. The maximum absolute atomic E-state index is 12.6. The van der Waals surface area contributed by atoms with E-state index < -0.39 is 5.60 Å². The Labute approximate surface area is 132 Å². The van der Waals surface area contributed by atoms with Crippen LogP contribution in [0, 0.1) is 5.92 Å². The lowest BCUT2D eigenvalue weighted by atomic mass is 9.99. The van der Waals surface area contributed by atoms with Crippen molar-refractivity contribution in [3.8, 4) is 0 Å². The molecule has 6 nitrogen and oxygen atoms in total. The largest absolute Gasteiger partial charge is 0.381 e. The minimum absolute atomic E-state index is 0.0196. The monoisotopic (exact) mass is 310 g/mol. The molecule has 1 spiro atoms. The van der Waals surface area contributed by atoms with E-state index in [4.69, 9.17) is 14.2 Å². The van der Waals surface area contributed by atoms with Gasteiger partial charge in [-0.15, -0.1) is 6.58 Å². The second-order valence-electron chi connectivity index (χ2n) is 6.43. The molecule has 3 aliphatic rings. The van der Waals surface area contributed by atoms with Crippen molar-refractivity contribution in [2.24, 2.45) is 5.92 Å². The Morgan fingerprint density at radius 1 is 1.23 bits per heavy atom. The third-order valence-electron chi connectivity index (χ3n) is 4.66. The number of morpholine rings is 1. The lowest BCUT2D eigenvalue weighted by Crippen LogP contribution is -2.60. The van der Waals surface area contributed by atoms with Crippen molar-refractivity contribution in [3.05, 3.63) is 12.7 Å². The smallest absolute Gasteiger partial charge is 0.228 e. The fourth-order valence-electron chi connectivity index (χ4n) is 3.53. The van der Waals surface area contributed by atoms with Crippen LogP contribution in [0.15, 0.2) is 12.7 Å². The number of carbonyl (C=O) groups excluding carboxylic acids is 1. The van der Waals surface area contributed by atoms with Crippen LogP contribution in [-0.2, 0) is 19.0 Å². The molecule has 0 bridgehead atoms. The van der Waals surface area contributed by atoms with Crippen molar-refractivity contribution in [2.75, 3.05) is 65.8 Å². The number of nitrogens with zero attached hydrogens (tertiary/aromatic N) is 2. The van der Waals surface area contributed by atoms with Crippen molar-refractivity contribution in [3.63, 3.8) is 0 Å². The van der Waals surface area contributed by atoms with E-state index in [1.165, 1.54) is 0 Å². The first-order chi connectivity index (χ1) is 10.7. The summed E-state index contributed by atoms with van der Waals surface area (Å²) >= 11 is 0. The van der Waals surface area contributed by atoms with Gasteiger partial charge in [0.25, 0.3) is 0 Å². The van der Waals surface area contributed by atoms with Gasteiger partial charge in [-0.25, -0.2) is 0 Å². The van der Waals surface area contributed by atoms with Gasteiger partial charge in [-0.2, -0.15) is 0 Å². The highest BCUT2D eigenvalue weighted by Gasteiger charge is 2.42. The lowest BCUT2D eigenvalue weighted by molar-refractivity contribution is -0.164. The molecule has 0 aromatic carbocycles. The number of rotatable bonds is 3. The first-order valence-electron chi connectivity index (χ1n) is 8.14. The predicted molar refractivity (Wildman–Crippen MR) is 81.6 cm³/mol. The van der Waals surface area contributed by atoms with Gasteiger partial charge in [0.15, 0.2) is 0 Å². The highest BCUT2D eigenvalue weighted by molar-refractivity contribution is 5.79. The van der Waals surface area contributed by atoms with Gasteiger partial charge in [0.1, 0.15) is 5.60 Å². The summed E-state index contributed by atoms with van der Waals surface area (Å²) in [7, 11) is 0. The topological polar surface area (TPSA) is 51.2 Å². The fourth-order valence-corrected chi connectivity index (χ4v) is 3.53. The van der Waals surface area contributed by atoms with Gasteiger partial charge in [-0.05, 0) is 6.42 Å².